The van der Waals surface area contributed by atoms with E-state index in [1.54, 1.807) is 25.6 Å². The minimum Gasteiger partial charge on any atom is -1.00 e. The molecular formula is C16H19BrCl2LiMgNO2. The molecule has 2 aromatic rings. The number of hydrogen-bond acceptors (Lipinski definition) is 3. The zero-order chi connectivity index (χ0) is 15.8. The third-order valence-corrected chi connectivity index (χ3v) is 3.00. The summed E-state index contributed by atoms with van der Waals surface area (Å²) in [5.74, 6) is 0.638. The van der Waals surface area contributed by atoms with Gasteiger partial charge in [0.05, 0.1) is 13.3 Å². The molecule has 1 aromatic carbocycles. The van der Waals surface area contributed by atoms with Gasteiger partial charge in [0.2, 0.25) is 0 Å². The topological polar surface area (TPSA) is 42.4 Å². The molecule has 0 amide bonds. The van der Waals surface area contributed by atoms with E-state index in [-0.39, 0.29) is 43.7 Å². The maximum Gasteiger partial charge on any atom is 1.00 e. The van der Waals surface area contributed by atoms with Crippen molar-refractivity contribution in [2.75, 3.05) is 7.11 Å². The van der Waals surface area contributed by atoms with E-state index in [1.165, 1.54) is 0 Å². The van der Waals surface area contributed by atoms with Crippen LogP contribution in [0.15, 0.2) is 47.2 Å². The minimum atomic E-state index is -0.689. The van der Waals surface area contributed by atoms with Gasteiger partial charge in [0.1, 0.15) is 11.9 Å². The van der Waals surface area contributed by atoms with Crippen molar-refractivity contribution < 1.29 is 53.5 Å². The van der Waals surface area contributed by atoms with Crippen LogP contribution in [0, 0.1) is 0 Å². The number of aliphatic hydroxyl groups is 1. The molecule has 0 fully saturated rings. The van der Waals surface area contributed by atoms with E-state index >= 15 is 0 Å². The zero-order valence-electron chi connectivity index (χ0n) is 14.3. The summed E-state index contributed by atoms with van der Waals surface area (Å²) < 4.78 is 6.92. The number of ether oxygens (including phenoxy) is 1. The van der Waals surface area contributed by atoms with Gasteiger partial charge in [-0.05, 0) is 23.8 Å². The smallest absolute Gasteiger partial charge is 1.00 e. The van der Waals surface area contributed by atoms with E-state index in [4.69, 9.17) is 4.74 Å². The fourth-order valence-electron chi connectivity index (χ4n) is 1.53. The first-order chi connectivity index (χ1) is 9.93. The summed E-state index contributed by atoms with van der Waals surface area (Å²) in [6.45, 7) is 4.36. The average molecular weight is 439 g/mol. The molecule has 0 radical (unpaired) electrons. The van der Waals surface area contributed by atoms with Gasteiger partial charge >= 0.3 is 58.5 Å². The van der Waals surface area contributed by atoms with Crippen LogP contribution in [0.4, 0.5) is 0 Å². The molecule has 0 aliphatic rings. The first kappa shape index (κ1) is 29.3. The summed E-state index contributed by atoms with van der Waals surface area (Å²) >= 11 is 5.36. The molecule has 1 aromatic heterocycles. The molecule has 0 saturated heterocycles. The van der Waals surface area contributed by atoms with Crippen LogP contribution >= 0.6 is 15.9 Å². The molecular weight excluding hydrogens is 420 g/mol. The van der Waals surface area contributed by atoms with Gasteiger partial charge < -0.3 is 34.7 Å². The van der Waals surface area contributed by atoms with Crippen molar-refractivity contribution in [2.45, 2.75) is 24.0 Å². The molecule has 1 N–H and O–H groups in total. The van der Waals surface area contributed by atoms with Gasteiger partial charge in [-0.1, -0.05) is 28.1 Å². The number of nitrogens with zero attached hydrogens (tertiary/aromatic N) is 1. The number of aromatic nitrogens is 1. The molecule has 0 aliphatic carbocycles. The van der Waals surface area contributed by atoms with Crippen LogP contribution in [0.2, 0.25) is 4.05 Å². The largest absolute Gasteiger partial charge is 1.00 e. The number of halogens is 3. The summed E-state index contributed by atoms with van der Waals surface area (Å²) in [5.41, 5.74) is 1.54. The van der Waals surface area contributed by atoms with Gasteiger partial charge in [-0.25, -0.2) is 0 Å². The van der Waals surface area contributed by atoms with Gasteiger partial charge in [0.15, 0.2) is 0 Å². The minimum absolute atomic E-state index is 0. The van der Waals surface area contributed by atoms with Crippen molar-refractivity contribution in [3.05, 3.63) is 58.3 Å². The monoisotopic (exact) mass is 437 g/mol. The molecule has 0 spiro atoms. The van der Waals surface area contributed by atoms with Crippen LogP contribution in [0.25, 0.3) is 0 Å². The number of aliphatic hydroxyl groups excluding tert-OH is 1. The fraction of sp³-hybridized carbons (Fsp3) is 0.312. The number of rotatable bonds is 3. The van der Waals surface area contributed by atoms with Crippen molar-refractivity contribution >= 4 is 37.6 Å². The zero-order valence-corrected chi connectivity index (χ0v) is 18.9. The number of pyridine rings is 1. The Balaban J connectivity index is -0.000000571. The molecule has 24 heavy (non-hydrogen) atoms. The van der Waals surface area contributed by atoms with Crippen LogP contribution in [0.1, 0.15) is 31.1 Å². The second-order valence-corrected chi connectivity index (χ2v) is 7.55. The van der Waals surface area contributed by atoms with Crippen molar-refractivity contribution in [1.82, 2.24) is 4.98 Å². The van der Waals surface area contributed by atoms with Crippen molar-refractivity contribution in [3.8, 4) is 5.75 Å². The van der Waals surface area contributed by atoms with Crippen LogP contribution in [-0.4, -0.2) is 38.9 Å². The summed E-state index contributed by atoms with van der Waals surface area (Å²) in [5, 5.41) is 10.2. The Morgan fingerprint density at radius 3 is 2.04 bits per heavy atom. The van der Waals surface area contributed by atoms with E-state index in [0.717, 1.165) is 14.1 Å². The standard InChI is InChI=1S/C13H12BrNO2.C3H7.2ClH.Li.Mg/c1-17-12-6-10(7-15-8-12)13(16)9-2-4-11(14)5-3-9;1-3-2;;;;/h2-8,13,16H,1H3;3H,1-2H3;2*1H;;/q;;;;2*+1/p-2. The Labute approximate surface area is 189 Å². The van der Waals surface area contributed by atoms with Gasteiger partial charge in [-0.2, -0.15) is 0 Å². The third kappa shape index (κ3) is 11.2. The first-order valence-corrected chi connectivity index (χ1v) is 8.30. The maximum atomic E-state index is 10.2. The second-order valence-electron chi connectivity index (χ2n) is 5.01. The quantitative estimate of drug-likeness (QED) is 0.487. The van der Waals surface area contributed by atoms with Crippen LogP contribution in [0.3, 0.4) is 0 Å². The van der Waals surface area contributed by atoms with E-state index < -0.39 is 6.10 Å². The van der Waals surface area contributed by atoms with Crippen LogP contribution in [-0.2, 0) is 0 Å². The predicted octanol–water partition coefficient (Wildman–Crippen LogP) is -5.07. The molecule has 0 bridgehead atoms. The normalized spacial score (nSPS) is 10.2. The summed E-state index contributed by atoms with van der Waals surface area (Å²) in [7, 11) is 1.58. The molecule has 124 valence electrons. The predicted molar refractivity (Wildman–Crippen MR) is 89.8 cm³/mol. The molecule has 0 saturated carbocycles. The van der Waals surface area contributed by atoms with Gasteiger partial charge in [0.25, 0.3) is 0 Å². The second kappa shape index (κ2) is 15.8. The molecule has 2 rings (SSSR count). The SMILES string of the molecule is COc1cncc(C(O)c2ccc(Br)cc2)c1.C[CH](C)[Mg+].[Cl-].[Cl-].[Li+]. The third-order valence-electron chi connectivity index (χ3n) is 2.47. The fourth-order valence-corrected chi connectivity index (χ4v) is 1.80. The summed E-state index contributed by atoms with van der Waals surface area (Å²) in [6.07, 6.45) is 2.55. The maximum absolute atomic E-state index is 10.2. The molecule has 1 unspecified atom stereocenters. The van der Waals surface area contributed by atoms with Crippen LogP contribution in [0.5, 0.6) is 5.75 Å². The Hall–Kier alpha value is 0.554. The Bertz CT molecular complexity index is 559. The first-order valence-electron chi connectivity index (χ1n) is 6.69. The number of methoxy groups -OCH3 is 1. The van der Waals surface area contributed by atoms with E-state index in [9.17, 15) is 5.11 Å². The van der Waals surface area contributed by atoms with Crippen molar-refractivity contribution in [1.29, 1.82) is 0 Å². The van der Waals surface area contributed by atoms with Gasteiger partial charge in [0, 0.05) is 16.2 Å². The van der Waals surface area contributed by atoms with E-state index in [1.807, 2.05) is 46.0 Å². The summed E-state index contributed by atoms with van der Waals surface area (Å²) in [4.78, 5) is 4.03. The Morgan fingerprint density at radius 1 is 1.08 bits per heavy atom. The van der Waals surface area contributed by atoms with Crippen LogP contribution < -0.4 is 48.4 Å². The Morgan fingerprint density at radius 2 is 1.58 bits per heavy atom. The average Bonchev–Trinajstić information content (AvgIpc) is 2.47. The number of hydrogen-bond donors (Lipinski definition) is 1. The number of benzene rings is 1. The molecule has 1 atom stereocenters. The van der Waals surface area contributed by atoms with E-state index in [0.29, 0.717) is 11.3 Å². The van der Waals surface area contributed by atoms with Crippen molar-refractivity contribution in [2.24, 2.45) is 0 Å². The van der Waals surface area contributed by atoms with Crippen molar-refractivity contribution in [3.63, 3.8) is 0 Å². The van der Waals surface area contributed by atoms with E-state index in [2.05, 4.69) is 34.8 Å². The Kier molecular flexibility index (Phi) is 19.3. The molecule has 1 heterocycles. The molecule has 3 nitrogen and oxygen atoms in total. The van der Waals surface area contributed by atoms with Gasteiger partial charge in [-0.3, -0.25) is 4.98 Å². The molecule has 8 heteroatoms. The van der Waals surface area contributed by atoms with Gasteiger partial charge in [-0.15, -0.1) is 0 Å². The molecule has 0 aliphatic heterocycles. The summed E-state index contributed by atoms with van der Waals surface area (Å²) in [6, 6.07) is 9.31.